The fourth-order valence-corrected chi connectivity index (χ4v) is 2.11. The topological polar surface area (TPSA) is 80.4 Å². The van der Waals surface area contributed by atoms with Gasteiger partial charge in [-0.05, 0) is 31.6 Å². The molecule has 0 aromatic heterocycles. The molecule has 0 aliphatic rings. The summed E-state index contributed by atoms with van der Waals surface area (Å²) in [6.07, 6.45) is 1.45. The Morgan fingerprint density at radius 2 is 1.68 bits per heavy atom. The molecule has 0 unspecified atom stereocenters. The van der Waals surface area contributed by atoms with E-state index in [-0.39, 0.29) is 16.8 Å². The Morgan fingerprint density at radius 1 is 1.09 bits per heavy atom. The predicted molar refractivity (Wildman–Crippen MR) is 84.5 cm³/mol. The van der Waals surface area contributed by atoms with Crippen LogP contribution in [0, 0.1) is 24.0 Å². The van der Waals surface area contributed by atoms with Crippen molar-refractivity contribution in [3.8, 4) is 0 Å². The lowest BCUT2D eigenvalue weighted by atomic mass is 9.99. The molecular weight excluding hydrogens is 282 g/mol. The van der Waals surface area contributed by atoms with Crippen molar-refractivity contribution in [3.05, 3.63) is 74.8 Å². The second-order valence-corrected chi connectivity index (χ2v) is 5.05. The highest BCUT2D eigenvalue weighted by Gasteiger charge is 2.21. The summed E-state index contributed by atoms with van der Waals surface area (Å²) in [6, 6.07) is 11.7. The summed E-state index contributed by atoms with van der Waals surface area (Å²) >= 11 is 0. The highest BCUT2D eigenvalue weighted by atomic mass is 16.6. The Hall–Kier alpha value is -2.95. The van der Waals surface area contributed by atoms with Gasteiger partial charge in [0.2, 0.25) is 0 Å². The number of aliphatic carboxylic acids is 1. The number of benzene rings is 2. The number of carboxylic acid groups (broad SMARTS) is 1. The Bertz CT molecular complexity index is 761. The first-order valence-corrected chi connectivity index (χ1v) is 6.65. The quantitative estimate of drug-likeness (QED) is 0.402. The molecule has 0 aliphatic heterocycles. The van der Waals surface area contributed by atoms with E-state index in [1.807, 2.05) is 19.1 Å². The number of hydrogen-bond acceptors (Lipinski definition) is 3. The molecule has 0 amide bonds. The fourth-order valence-electron chi connectivity index (χ4n) is 2.11. The van der Waals surface area contributed by atoms with Gasteiger partial charge in [0.1, 0.15) is 0 Å². The number of carboxylic acids is 1. The van der Waals surface area contributed by atoms with Crippen LogP contribution in [-0.2, 0) is 4.79 Å². The highest BCUT2D eigenvalue weighted by Crippen LogP contribution is 2.29. The standard InChI is InChI=1S/C17H15NO4/c1-11-3-6-13(7-4-11)10-15(17(19)20)14-9-12(2)5-8-16(14)18(21)22/h3-10H,1-2H3,(H,19,20)/b15-10+. The van der Waals surface area contributed by atoms with E-state index in [9.17, 15) is 20.0 Å². The maximum atomic E-state index is 11.6. The number of carbonyl (C=O) groups is 1. The summed E-state index contributed by atoms with van der Waals surface area (Å²) in [5.74, 6) is -1.20. The molecule has 5 nitrogen and oxygen atoms in total. The molecule has 0 radical (unpaired) electrons. The summed E-state index contributed by atoms with van der Waals surface area (Å²) in [5.41, 5.74) is 2.29. The molecule has 22 heavy (non-hydrogen) atoms. The van der Waals surface area contributed by atoms with Crippen LogP contribution in [0.25, 0.3) is 11.6 Å². The molecule has 0 spiro atoms. The number of nitro benzene ring substituents is 1. The maximum Gasteiger partial charge on any atom is 0.336 e. The first kappa shape index (κ1) is 15.4. The van der Waals surface area contributed by atoms with Gasteiger partial charge < -0.3 is 5.11 Å². The molecular formula is C17H15NO4. The summed E-state index contributed by atoms with van der Waals surface area (Å²) < 4.78 is 0. The largest absolute Gasteiger partial charge is 0.478 e. The molecule has 2 rings (SSSR count). The number of nitro groups is 1. The Kier molecular flexibility index (Phi) is 4.36. The van der Waals surface area contributed by atoms with Crippen LogP contribution < -0.4 is 0 Å². The first-order valence-electron chi connectivity index (χ1n) is 6.65. The predicted octanol–water partition coefficient (Wildman–Crippen LogP) is 3.84. The van der Waals surface area contributed by atoms with Gasteiger partial charge in [0.15, 0.2) is 0 Å². The molecule has 0 saturated carbocycles. The van der Waals surface area contributed by atoms with Gasteiger partial charge >= 0.3 is 5.97 Å². The van der Waals surface area contributed by atoms with Crippen molar-refractivity contribution in [2.75, 3.05) is 0 Å². The van der Waals surface area contributed by atoms with Crippen LogP contribution in [-0.4, -0.2) is 16.0 Å². The third kappa shape index (κ3) is 3.38. The fraction of sp³-hybridized carbons (Fsp3) is 0.118. The number of aryl methyl sites for hydroxylation is 2. The van der Waals surface area contributed by atoms with Gasteiger partial charge in [-0.3, -0.25) is 10.1 Å². The molecule has 0 fully saturated rings. The van der Waals surface area contributed by atoms with E-state index in [0.717, 1.165) is 11.1 Å². The van der Waals surface area contributed by atoms with E-state index in [0.29, 0.717) is 5.56 Å². The number of nitrogens with zero attached hydrogens (tertiary/aromatic N) is 1. The first-order chi connectivity index (χ1) is 10.4. The van der Waals surface area contributed by atoms with Crippen molar-refractivity contribution >= 4 is 23.3 Å². The van der Waals surface area contributed by atoms with E-state index in [1.165, 1.54) is 18.2 Å². The van der Waals surface area contributed by atoms with Crippen molar-refractivity contribution in [1.29, 1.82) is 0 Å². The van der Waals surface area contributed by atoms with E-state index in [4.69, 9.17) is 0 Å². The van der Waals surface area contributed by atoms with Gasteiger partial charge in [-0.1, -0.05) is 41.5 Å². The van der Waals surface area contributed by atoms with Crippen molar-refractivity contribution < 1.29 is 14.8 Å². The van der Waals surface area contributed by atoms with Gasteiger partial charge in [0, 0.05) is 6.07 Å². The number of hydrogen-bond donors (Lipinski definition) is 1. The third-order valence-corrected chi connectivity index (χ3v) is 3.26. The summed E-state index contributed by atoms with van der Waals surface area (Å²) in [5, 5.41) is 20.6. The minimum atomic E-state index is -1.20. The van der Waals surface area contributed by atoms with E-state index >= 15 is 0 Å². The average molecular weight is 297 g/mol. The van der Waals surface area contributed by atoms with Crippen LogP contribution in [0.15, 0.2) is 42.5 Å². The summed E-state index contributed by atoms with van der Waals surface area (Å²) in [7, 11) is 0. The van der Waals surface area contributed by atoms with Crippen LogP contribution in [0.3, 0.4) is 0 Å². The molecule has 2 aromatic rings. The number of rotatable bonds is 4. The van der Waals surface area contributed by atoms with Gasteiger partial charge in [-0.15, -0.1) is 0 Å². The van der Waals surface area contributed by atoms with E-state index < -0.39 is 10.9 Å². The normalized spacial score (nSPS) is 11.3. The molecule has 1 N–H and O–H groups in total. The summed E-state index contributed by atoms with van der Waals surface area (Å²) in [6.45, 7) is 3.69. The van der Waals surface area contributed by atoms with Crippen molar-refractivity contribution in [3.63, 3.8) is 0 Å². The van der Waals surface area contributed by atoms with Crippen molar-refractivity contribution in [2.24, 2.45) is 0 Å². The molecule has 0 bridgehead atoms. The van der Waals surface area contributed by atoms with E-state index in [1.54, 1.807) is 25.1 Å². The van der Waals surface area contributed by atoms with Crippen LogP contribution >= 0.6 is 0 Å². The average Bonchev–Trinajstić information content (AvgIpc) is 2.45. The smallest absolute Gasteiger partial charge is 0.336 e. The van der Waals surface area contributed by atoms with Crippen LogP contribution in [0.4, 0.5) is 5.69 Å². The Morgan fingerprint density at radius 3 is 2.23 bits per heavy atom. The van der Waals surface area contributed by atoms with Crippen LogP contribution in [0.1, 0.15) is 22.3 Å². The van der Waals surface area contributed by atoms with Gasteiger partial charge in [-0.2, -0.15) is 0 Å². The van der Waals surface area contributed by atoms with Crippen molar-refractivity contribution in [2.45, 2.75) is 13.8 Å². The lowest BCUT2D eigenvalue weighted by Gasteiger charge is -2.06. The Labute approximate surface area is 127 Å². The molecule has 0 aliphatic carbocycles. The minimum absolute atomic E-state index is 0.0979. The van der Waals surface area contributed by atoms with Crippen LogP contribution in [0.2, 0.25) is 0 Å². The second kappa shape index (κ2) is 6.22. The van der Waals surface area contributed by atoms with E-state index in [2.05, 4.69) is 0 Å². The van der Waals surface area contributed by atoms with Crippen LogP contribution in [0.5, 0.6) is 0 Å². The zero-order valence-electron chi connectivity index (χ0n) is 12.2. The summed E-state index contributed by atoms with van der Waals surface area (Å²) in [4.78, 5) is 22.1. The third-order valence-electron chi connectivity index (χ3n) is 3.26. The highest BCUT2D eigenvalue weighted by molar-refractivity contribution is 6.21. The zero-order valence-corrected chi connectivity index (χ0v) is 12.2. The molecule has 2 aromatic carbocycles. The SMILES string of the molecule is Cc1ccc(/C=C(/C(=O)O)c2cc(C)ccc2[N+](=O)[O-])cc1. The molecule has 0 heterocycles. The van der Waals surface area contributed by atoms with Gasteiger partial charge in [-0.25, -0.2) is 4.79 Å². The molecule has 0 saturated heterocycles. The molecule has 0 atom stereocenters. The Balaban J connectivity index is 2.62. The minimum Gasteiger partial charge on any atom is -0.478 e. The maximum absolute atomic E-state index is 11.6. The lowest BCUT2D eigenvalue weighted by molar-refractivity contribution is -0.385. The second-order valence-electron chi connectivity index (χ2n) is 5.05. The van der Waals surface area contributed by atoms with Crippen molar-refractivity contribution in [1.82, 2.24) is 0 Å². The monoisotopic (exact) mass is 297 g/mol. The molecule has 5 heteroatoms. The van der Waals surface area contributed by atoms with Gasteiger partial charge in [0.05, 0.1) is 16.1 Å². The zero-order chi connectivity index (χ0) is 16.3. The molecule has 112 valence electrons. The van der Waals surface area contributed by atoms with Gasteiger partial charge in [0.25, 0.3) is 5.69 Å². The lowest BCUT2D eigenvalue weighted by Crippen LogP contribution is -2.03.